The van der Waals surface area contributed by atoms with E-state index in [1.165, 1.54) is 30.5 Å². The predicted molar refractivity (Wildman–Crippen MR) is 119 cm³/mol. The third-order valence-corrected chi connectivity index (χ3v) is 5.52. The van der Waals surface area contributed by atoms with Gasteiger partial charge < -0.3 is 19.5 Å². The van der Waals surface area contributed by atoms with E-state index in [2.05, 4.69) is 28.5 Å². The molecule has 0 spiro atoms. The van der Waals surface area contributed by atoms with Gasteiger partial charge in [-0.05, 0) is 62.2 Å². The first-order chi connectivity index (χ1) is 15.1. The zero-order valence-corrected chi connectivity index (χ0v) is 18.4. The SMILES string of the molecule is C=CNc1c(C(C)=Nc2ccc(OC(F)(F)F)cc2)cc(C(=O)N2CCC(C)CC2)n1C. The van der Waals surface area contributed by atoms with E-state index in [-0.39, 0.29) is 11.7 Å². The van der Waals surface area contributed by atoms with E-state index in [0.717, 1.165) is 25.9 Å². The minimum atomic E-state index is -4.74. The van der Waals surface area contributed by atoms with Crippen molar-refractivity contribution in [2.24, 2.45) is 18.0 Å². The van der Waals surface area contributed by atoms with Crippen LogP contribution in [-0.4, -0.2) is 40.5 Å². The van der Waals surface area contributed by atoms with Crippen LogP contribution in [0.5, 0.6) is 5.75 Å². The molecular weight excluding hydrogens is 421 g/mol. The van der Waals surface area contributed by atoms with Crippen molar-refractivity contribution >= 4 is 23.1 Å². The highest BCUT2D eigenvalue weighted by Crippen LogP contribution is 2.28. The second-order valence-corrected chi connectivity index (χ2v) is 7.91. The van der Waals surface area contributed by atoms with Crippen molar-refractivity contribution in [2.45, 2.75) is 33.1 Å². The molecule has 1 amide bonds. The molecule has 0 radical (unpaired) electrons. The fourth-order valence-corrected chi connectivity index (χ4v) is 3.71. The summed E-state index contributed by atoms with van der Waals surface area (Å²) in [7, 11) is 1.80. The van der Waals surface area contributed by atoms with Crippen LogP contribution in [-0.2, 0) is 7.05 Å². The number of nitrogens with zero attached hydrogens (tertiary/aromatic N) is 3. The van der Waals surface area contributed by atoms with Crippen LogP contribution < -0.4 is 10.1 Å². The summed E-state index contributed by atoms with van der Waals surface area (Å²) in [5.41, 5.74) is 2.29. The number of ether oxygens (including phenoxy) is 1. The molecule has 1 aliphatic heterocycles. The molecule has 1 aliphatic rings. The first-order valence-electron chi connectivity index (χ1n) is 10.4. The zero-order chi connectivity index (χ0) is 23.5. The summed E-state index contributed by atoms with van der Waals surface area (Å²) in [6, 6.07) is 7.08. The molecule has 2 aromatic rings. The number of aromatic nitrogens is 1. The fraction of sp³-hybridized carbons (Fsp3) is 0.391. The first kappa shape index (κ1) is 23.4. The Morgan fingerprint density at radius 3 is 2.44 bits per heavy atom. The van der Waals surface area contributed by atoms with Crippen molar-refractivity contribution in [3.63, 3.8) is 0 Å². The Morgan fingerprint density at radius 1 is 1.25 bits per heavy atom. The van der Waals surface area contributed by atoms with E-state index in [0.29, 0.717) is 34.4 Å². The van der Waals surface area contributed by atoms with Gasteiger partial charge in [0.15, 0.2) is 0 Å². The number of aliphatic imine (C=N–C) groups is 1. The third-order valence-electron chi connectivity index (χ3n) is 5.52. The number of anilines is 1. The van der Waals surface area contributed by atoms with E-state index in [4.69, 9.17) is 0 Å². The average Bonchev–Trinajstić information content (AvgIpc) is 3.05. The number of nitrogens with one attached hydrogen (secondary N) is 1. The van der Waals surface area contributed by atoms with Gasteiger partial charge in [0.25, 0.3) is 5.91 Å². The van der Waals surface area contributed by atoms with Gasteiger partial charge in [0.2, 0.25) is 0 Å². The monoisotopic (exact) mass is 448 g/mol. The molecule has 0 saturated carbocycles. The van der Waals surface area contributed by atoms with Gasteiger partial charge in [-0.15, -0.1) is 13.2 Å². The third kappa shape index (κ3) is 5.52. The summed E-state index contributed by atoms with van der Waals surface area (Å²) in [5, 5.41) is 3.06. The Kier molecular flexibility index (Phi) is 6.96. The van der Waals surface area contributed by atoms with Crippen LogP contribution in [0.2, 0.25) is 0 Å². The lowest BCUT2D eigenvalue weighted by Gasteiger charge is -2.30. The topological polar surface area (TPSA) is 58.9 Å². The summed E-state index contributed by atoms with van der Waals surface area (Å²) in [5.74, 6) is 0.918. The van der Waals surface area contributed by atoms with Gasteiger partial charge in [-0.25, -0.2) is 0 Å². The van der Waals surface area contributed by atoms with Crippen molar-refractivity contribution in [3.05, 3.63) is 54.4 Å². The summed E-state index contributed by atoms with van der Waals surface area (Å²) >= 11 is 0. The molecule has 0 bridgehead atoms. The average molecular weight is 448 g/mol. The lowest BCUT2D eigenvalue weighted by molar-refractivity contribution is -0.274. The second-order valence-electron chi connectivity index (χ2n) is 7.91. The molecule has 2 heterocycles. The standard InChI is InChI=1S/C23H27F3N4O2/c1-5-27-21-19(14-20(29(21)4)22(31)30-12-10-15(2)11-13-30)16(3)28-17-6-8-18(9-7-17)32-23(24,25)26/h5-9,14-15,27H,1,10-13H2,2-4H3. The molecule has 0 atom stereocenters. The number of hydrogen-bond donors (Lipinski definition) is 1. The van der Waals surface area contributed by atoms with Crippen LogP contribution in [0.1, 0.15) is 42.7 Å². The molecule has 1 fully saturated rings. The maximum absolute atomic E-state index is 13.1. The van der Waals surface area contributed by atoms with Crippen molar-refractivity contribution in [1.29, 1.82) is 0 Å². The van der Waals surface area contributed by atoms with Crippen molar-refractivity contribution in [2.75, 3.05) is 18.4 Å². The summed E-state index contributed by atoms with van der Waals surface area (Å²) in [6.07, 6.45) is -1.26. The van der Waals surface area contributed by atoms with E-state index in [1.807, 2.05) is 4.90 Å². The lowest BCUT2D eigenvalue weighted by atomic mass is 9.99. The Morgan fingerprint density at radius 2 is 1.88 bits per heavy atom. The molecule has 9 heteroatoms. The van der Waals surface area contributed by atoms with Gasteiger partial charge in [-0.1, -0.05) is 13.5 Å². The fourth-order valence-electron chi connectivity index (χ4n) is 3.71. The van der Waals surface area contributed by atoms with Crippen LogP contribution >= 0.6 is 0 Å². The number of amides is 1. The molecule has 1 N–H and O–H groups in total. The Balaban J connectivity index is 1.88. The number of likely N-dealkylation sites (tertiary alicyclic amines) is 1. The second kappa shape index (κ2) is 9.50. The number of rotatable bonds is 6. The van der Waals surface area contributed by atoms with Gasteiger partial charge >= 0.3 is 6.36 Å². The smallest absolute Gasteiger partial charge is 0.406 e. The quantitative estimate of drug-likeness (QED) is 0.595. The summed E-state index contributed by atoms with van der Waals surface area (Å²) < 4.78 is 42.7. The molecule has 3 rings (SSSR count). The highest BCUT2D eigenvalue weighted by molar-refractivity contribution is 6.07. The summed E-state index contributed by atoms with van der Waals surface area (Å²) in [4.78, 5) is 19.5. The van der Waals surface area contributed by atoms with Crippen molar-refractivity contribution in [3.8, 4) is 5.75 Å². The number of carbonyl (C=O) groups excluding carboxylic acids is 1. The van der Waals surface area contributed by atoms with Gasteiger partial charge in [-0.2, -0.15) is 0 Å². The van der Waals surface area contributed by atoms with Gasteiger partial charge in [0, 0.05) is 31.4 Å². The van der Waals surface area contributed by atoms with Crippen LogP contribution in [0.3, 0.4) is 0 Å². The Bertz CT molecular complexity index is 1000. The number of alkyl halides is 3. The molecular formula is C23H27F3N4O2. The maximum Gasteiger partial charge on any atom is 0.573 e. The van der Waals surface area contributed by atoms with E-state index >= 15 is 0 Å². The molecule has 1 saturated heterocycles. The number of carbonyl (C=O) groups is 1. The summed E-state index contributed by atoms with van der Waals surface area (Å²) in [6.45, 7) is 9.13. The van der Waals surface area contributed by atoms with E-state index in [1.54, 1.807) is 24.6 Å². The largest absolute Gasteiger partial charge is 0.573 e. The van der Waals surface area contributed by atoms with Gasteiger partial charge in [0.05, 0.1) is 5.69 Å². The van der Waals surface area contributed by atoms with Gasteiger partial charge in [0.1, 0.15) is 17.3 Å². The number of piperidine rings is 1. The maximum atomic E-state index is 13.1. The first-order valence-corrected chi connectivity index (χ1v) is 10.4. The van der Waals surface area contributed by atoms with Crippen LogP contribution in [0, 0.1) is 5.92 Å². The molecule has 32 heavy (non-hydrogen) atoms. The van der Waals surface area contributed by atoms with E-state index in [9.17, 15) is 18.0 Å². The lowest BCUT2D eigenvalue weighted by Crippen LogP contribution is -2.38. The van der Waals surface area contributed by atoms with E-state index < -0.39 is 6.36 Å². The predicted octanol–water partition coefficient (Wildman–Crippen LogP) is 5.49. The molecule has 1 aromatic heterocycles. The highest BCUT2D eigenvalue weighted by Gasteiger charge is 2.31. The molecule has 6 nitrogen and oxygen atoms in total. The van der Waals surface area contributed by atoms with Crippen molar-refractivity contribution < 1.29 is 22.7 Å². The Hall–Kier alpha value is -3.23. The van der Waals surface area contributed by atoms with Gasteiger partial charge in [-0.3, -0.25) is 9.79 Å². The highest BCUT2D eigenvalue weighted by atomic mass is 19.4. The zero-order valence-electron chi connectivity index (χ0n) is 18.4. The molecule has 172 valence electrons. The molecule has 1 aromatic carbocycles. The number of benzene rings is 1. The molecule has 0 unspecified atom stereocenters. The number of hydrogen-bond acceptors (Lipinski definition) is 4. The van der Waals surface area contributed by atoms with Crippen LogP contribution in [0.4, 0.5) is 24.7 Å². The normalized spacial score (nSPS) is 15.6. The number of halogens is 3. The Labute approximate surface area is 185 Å². The minimum absolute atomic E-state index is 0.0424. The minimum Gasteiger partial charge on any atom is -0.406 e. The van der Waals surface area contributed by atoms with Crippen LogP contribution in [0.25, 0.3) is 0 Å². The van der Waals surface area contributed by atoms with Crippen molar-refractivity contribution in [1.82, 2.24) is 9.47 Å². The van der Waals surface area contributed by atoms with Crippen LogP contribution in [0.15, 0.2) is 48.1 Å². The molecule has 0 aliphatic carbocycles.